The number of carbonyl (C=O) groups is 4. The fourth-order valence-corrected chi connectivity index (χ4v) is 11.8. The SMILES string of the molecule is CC/C=C\C/C=C\C/C=C\C/C=C\C/C=C\CCCCCC(=O)OCC(COP(=O)(O)OCC(O)COP(=O)(O)OCC(COC(=O)CCCCC/C=C\C/C=C\C/C=C\C/C=C\C/C=C\CC)OC(=O)CCCCCCC/C=C\CCCCCC)OC(=O)CCCCCC/C=C\C/C=C\C/C=C\C/C=C\CC. The highest BCUT2D eigenvalue weighted by Crippen LogP contribution is 2.45. The Labute approximate surface area is 654 Å². The van der Waals surface area contributed by atoms with Crippen LogP contribution in [-0.2, 0) is 65.4 Å². The molecule has 0 rings (SSSR count). The Morgan fingerprint density at radius 3 is 0.759 bits per heavy atom. The van der Waals surface area contributed by atoms with Crippen molar-refractivity contribution in [3.8, 4) is 0 Å². The molecule has 0 aliphatic carbocycles. The molecule has 0 aromatic rings. The van der Waals surface area contributed by atoms with Gasteiger partial charge in [-0.1, -0.05) is 274 Å². The first kappa shape index (κ1) is 102. The maximum Gasteiger partial charge on any atom is 0.472 e. The molecule has 17 nitrogen and oxygen atoms in total. The van der Waals surface area contributed by atoms with Crippen LogP contribution in [0.1, 0.15) is 297 Å². The van der Waals surface area contributed by atoms with Crippen molar-refractivity contribution >= 4 is 39.5 Å². The Balaban J connectivity index is 5.47. The first-order chi connectivity index (χ1) is 52.7. The molecule has 19 heteroatoms. The summed E-state index contributed by atoms with van der Waals surface area (Å²) in [6.45, 7) is 4.39. The highest BCUT2D eigenvalue weighted by atomic mass is 31.2. The second kappa shape index (κ2) is 79.3. The molecule has 0 bridgehead atoms. The lowest BCUT2D eigenvalue weighted by molar-refractivity contribution is -0.161. The van der Waals surface area contributed by atoms with Gasteiger partial charge in [0, 0.05) is 25.7 Å². The molecular formula is C89H144O17P2. The Bertz CT molecular complexity index is 2760. The van der Waals surface area contributed by atoms with Crippen molar-refractivity contribution in [3.63, 3.8) is 0 Å². The molecule has 0 spiro atoms. The molecule has 3 N–H and O–H groups in total. The van der Waals surface area contributed by atoms with Crippen LogP contribution >= 0.6 is 15.6 Å². The fraction of sp³-hybridized carbons (Fsp3) is 0.618. The van der Waals surface area contributed by atoms with E-state index in [0.717, 1.165) is 193 Å². The number of hydrogen-bond acceptors (Lipinski definition) is 15. The number of unbranched alkanes of at least 4 members (excludes halogenated alkanes) is 19. The maximum atomic E-state index is 13.1. The second-order valence-electron chi connectivity index (χ2n) is 26.6. The van der Waals surface area contributed by atoms with Crippen molar-refractivity contribution in [1.29, 1.82) is 0 Å². The Hall–Kier alpha value is -5.84. The highest BCUT2D eigenvalue weighted by molar-refractivity contribution is 7.47. The molecule has 612 valence electrons. The van der Waals surface area contributed by atoms with E-state index in [4.69, 9.17) is 37.0 Å². The van der Waals surface area contributed by atoms with E-state index in [0.29, 0.717) is 25.7 Å². The number of phosphoric acid groups is 2. The maximum absolute atomic E-state index is 13.1. The zero-order chi connectivity index (χ0) is 78.9. The van der Waals surface area contributed by atoms with Crippen LogP contribution in [0.2, 0.25) is 0 Å². The van der Waals surface area contributed by atoms with Crippen LogP contribution in [0.3, 0.4) is 0 Å². The number of phosphoric ester groups is 2. The van der Waals surface area contributed by atoms with Gasteiger partial charge in [0.1, 0.15) is 19.3 Å². The molecule has 5 atom stereocenters. The van der Waals surface area contributed by atoms with Gasteiger partial charge in [0.2, 0.25) is 0 Å². The topological polar surface area (TPSA) is 237 Å². The van der Waals surface area contributed by atoms with E-state index in [1.165, 1.54) is 25.7 Å². The Morgan fingerprint density at radius 2 is 0.481 bits per heavy atom. The third-order valence-electron chi connectivity index (χ3n) is 16.3. The minimum atomic E-state index is -5.01. The predicted molar refractivity (Wildman–Crippen MR) is 445 cm³/mol. The minimum Gasteiger partial charge on any atom is -0.462 e. The van der Waals surface area contributed by atoms with Crippen LogP contribution in [0.5, 0.6) is 0 Å². The lowest BCUT2D eigenvalue weighted by atomic mass is 10.1. The summed E-state index contributed by atoms with van der Waals surface area (Å²) in [5.41, 5.74) is 0. The number of ether oxygens (including phenoxy) is 4. The van der Waals surface area contributed by atoms with Gasteiger partial charge in [-0.25, -0.2) is 9.13 Å². The van der Waals surface area contributed by atoms with E-state index in [-0.39, 0.29) is 25.7 Å². The van der Waals surface area contributed by atoms with Gasteiger partial charge in [0.05, 0.1) is 26.4 Å². The van der Waals surface area contributed by atoms with Crippen molar-refractivity contribution in [2.75, 3.05) is 39.6 Å². The Kier molecular flexibility index (Phi) is 75.0. The molecule has 0 aliphatic heterocycles. The largest absolute Gasteiger partial charge is 0.472 e. The van der Waals surface area contributed by atoms with Crippen molar-refractivity contribution in [3.05, 3.63) is 182 Å². The van der Waals surface area contributed by atoms with Crippen LogP contribution in [0.4, 0.5) is 0 Å². The average Bonchev–Trinajstić information content (AvgIpc) is 0.886. The standard InChI is InChI=1S/C89H144O17P2/c1-5-9-13-17-21-25-29-33-36-39-41-44-46-50-53-57-61-65-69-73-86(91)99-79-84(105-88(93)75-71-67-63-59-55-49-32-28-24-20-16-12-8-4)81-103-107(95,96)101-77-83(90)78-102-108(97,98)104-82-85(106-89(94)76-72-68-64-60-56-52-48-43-38-35-31-27-23-19-15-11-7-3)80-100-87(92)74-70-66-62-58-54-51-47-45-42-40-37-34-30-26-22-18-14-10-6-2/h9-11,13-15,21-23,25-28,32-38,41-42,44-45,48,50-54,83-85,90H,5-8,12,16-20,24,29-31,39-40,43,46-47,49,55-82H2,1-4H3,(H,95,96)(H,97,98)/b13-9-,14-10-,15-11-,25-21-,26-22-,27-23-,32-28-,36-33-,37-34-,38-35-,44-41-,45-42-,52-48-,53-50-,54-51-. The molecule has 0 aromatic carbocycles. The van der Waals surface area contributed by atoms with Gasteiger partial charge in [0.25, 0.3) is 0 Å². The number of allylic oxidation sites excluding steroid dienone is 30. The van der Waals surface area contributed by atoms with Crippen LogP contribution < -0.4 is 0 Å². The molecule has 0 fully saturated rings. The number of aliphatic hydroxyl groups excluding tert-OH is 1. The van der Waals surface area contributed by atoms with Crippen LogP contribution in [-0.4, -0.2) is 96.7 Å². The first-order valence-electron chi connectivity index (χ1n) is 41.0. The normalized spacial score (nSPS) is 14.8. The summed E-state index contributed by atoms with van der Waals surface area (Å²) in [7, 11) is -10.0. The van der Waals surface area contributed by atoms with Crippen LogP contribution in [0.25, 0.3) is 0 Å². The summed E-state index contributed by atoms with van der Waals surface area (Å²) in [5.74, 6) is -2.30. The third-order valence-corrected chi connectivity index (χ3v) is 18.2. The van der Waals surface area contributed by atoms with Gasteiger partial charge in [-0.05, 0) is 180 Å². The molecule has 5 unspecified atom stereocenters. The van der Waals surface area contributed by atoms with E-state index in [2.05, 4.69) is 210 Å². The van der Waals surface area contributed by atoms with Gasteiger partial charge in [-0.15, -0.1) is 0 Å². The fourth-order valence-electron chi connectivity index (χ4n) is 10.2. The first-order valence-corrected chi connectivity index (χ1v) is 44.0. The van der Waals surface area contributed by atoms with Gasteiger partial charge in [-0.3, -0.25) is 37.3 Å². The molecule has 0 aromatic heterocycles. The highest BCUT2D eigenvalue weighted by Gasteiger charge is 2.30. The van der Waals surface area contributed by atoms with Gasteiger partial charge in [0.15, 0.2) is 12.2 Å². The van der Waals surface area contributed by atoms with E-state index < -0.39 is 97.5 Å². The van der Waals surface area contributed by atoms with E-state index in [1.54, 1.807) is 0 Å². The zero-order valence-electron chi connectivity index (χ0n) is 66.9. The number of hydrogen-bond donors (Lipinski definition) is 3. The number of rotatable bonds is 75. The van der Waals surface area contributed by atoms with E-state index in [9.17, 15) is 43.2 Å². The number of esters is 4. The summed E-state index contributed by atoms with van der Waals surface area (Å²) in [4.78, 5) is 73.1. The Morgan fingerprint density at radius 1 is 0.269 bits per heavy atom. The predicted octanol–water partition coefficient (Wildman–Crippen LogP) is 24.3. The van der Waals surface area contributed by atoms with Crippen molar-refractivity contribution < 1.29 is 80.2 Å². The monoisotopic (exact) mass is 1550 g/mol. The summed E-state index contributed by atoms with van der Waals surface area (Å²) in [6, 6.07) is 0. The zero-order valence-corrected chi connectivity index (χ0v) is 68.7. The van der Waals surface area contributed by atoms with Crippen molar-refractivity contribution in [1.82, 2.24) is 0 Å². The van der Waals surface area contributed by atoms with Crippen LogP contribution in [0, 0.1) is 0 Å². The average molecular weight is 1550 g/mol. The number of aliphatic hydroxyl groups is 1. The molecule has 0 heterocycles. The summed E-state index contributed by atoms with van der Waals surface area (Å²) < 4.78 is 68.6. The molecule has 0 aliphatic rings. The molecule has 0 saturated heterocycles. The summed E-state index contributed by atoms with van der Waals surface area (Å²) in [6.07, 6.45) is 95.8. The lowest BCUT2D eigenvalue weighted by Gasteiger charge is -2.21. The van der Waals surface area contributed by atoms with Gasteiger partial charge in [-0.2, -0.15) is 0 Å². The third kappa shape index (κ3) is 78.3. The second-order valence-corrected chi connectivity index (χ2v) is 29.5. The van der Waals surface area contributed by atoms with Crippen molar-refractivity contribution in [2.24, 2.45) is 0 Å². The molecule has 0 radical (unpaired) electrons. The molecule has 0 amide bonds. The quantitative estimate of drug-likeness (QED) is 0.0169. The lowest BCUT2D eigenvalue weighted by Crippen LogP contribution is -2.30. The molecule has 108 heavy (non-hydrogen) atoms. The summed E-state index contributed by atoms with van der Waals surface area (Å²) in [5, 5.41) is 10.7. The molecular weight excluding hydrogens is 1400 g/mol. The van der Waals surface area contributed by atoms with Crippen molar-refractivity contribution in [2.45, 2.75) is 316 Å². The van der Waals surface area contributed by atoms with Crippen LogP contribution in [0.15, 0.2) is 182 Å². The van der Waals surface area contributed by atoms with E-state index >= 15 is 0 Å². The van der Waals surface area contributed by atoms with Gasteiger partial charge >= 0.3 is 39.5 Å². The number of carbonyl (C=O) groups excluding carboxylic acids is 4. The smallest absolute Gasteiger partial charge is 0.462 e. The van der Waals surface area contributed by atoms with Gasteiger partial charge < -0.3 is 33.8 Å². The van der Waals surface area contributed by atoms with E-state index in [1.807, 2.05) is 0 Å². The summed E-state index contributed by atoms with van der Waals surface area (Å²) >= 11 is 0. The molecule has 0 saturated carbocycles. The minimum absolute atomic E-state index is 0.0515.